The fourth-order valence-electron chi connectivity index (χ4n) is 0.0703. The molecule has 3 heteroatoms. The molecule has 0 aliphatic rings. The van der Waals surface area contributed by atoms with Crippen molar-refractivity contribution in [2.45, 2.75) is 0 Å². The Morgan fingerprint density at radius 2 is 2.17 bits per heavy atom. The number of hydrogen-bond donors (Lipinski definition) is 0. The third kappa shape index (κ3) is 3.01. The number of rotatable bonds is 2. The highest BCUT2D eigenvalue weighted by molar-refractivity contribution is 5.64. The normalized spacial score (nSPS) is 8.67. The van der Waals surface area contributed by atoms with Crippen molar-refractivity contribution in [3.63, 3.8) is 0 Å². The van der Waals surface area contributed by atoms with Crippen LogP contribution >= 0.6 is 0 Å². The van der Waals surface area contributed by atoms with Crippen LogP contribution in [0.2, 0.25) is 0 Å². The number of allylic oxidation sites excluding steroid dienone is 1. The zero-order valence-electron chi connectivity index (χ0n) is 3.00. The summed E-state index contributed by atoms with van der Waals surface area (Å²) in [5.74, 6) is 0. The Labute approximate surface area is 34.6 Å². The number of nitroso groups, excluding NO2 is 1. The van der Waals surface area contributed by atoms with Gasteiger partial charge in [-0.05, 0) is 11.3 Å². The lowest BCUT2D eigenvalue weighted by Gasteiger charge is -1.52. The second-order valence-corrected chi connectivity index (χ2v) is 0.583. The van der Waals surface area contributed by atoms with Gasteiger partial charge in [-0.25, -0.2) is 0 Å². The average molecular weight is 85.1 g/mol. The maximum absolute atomic E-state index is 9.28. The van der Waals surface area contributed by atoms with E-state index in [2.05, 4.69) is 5.18 Å². The molecule has 0 saturated heterocycles. The molecule has 0 heterocycles. The fraction of sp³-hybridized carbons (Fsp3) is 0. The summed E-state index contributed by atoms with van der Waals surface area (Å²) in [7, 11) is 0. The zero-order valence-corrected chi connectivity index (χ0v) is 3.00. The van der Waals surface area contributed by atoms with Gasteiger partial charge in [0.2, 0.25) is 0 Å². The molecule has 0 aliphatic heterocycles. The summed E-state index contributed by atoms with van der Waals surface area (Å²) in [5, 5.41) is 2.26. The molecule has 0 unspecified atom stereocenters. The van der Waals surface area contributed by atoms with E-state index >= 15 is 0 Å². The van der Waals surface area contributed by atoms with Gasteiger partial charge in [0.25, 0.3) is 0 Å². The van der Waals surface area contributed by atoms with Gasteiger partial charge in [0.15, 0.2) is 0 Å². The number of carbonyl (C=O) groups is 1. The van der Waals surface area contributed by atoms with Crippen LogP contribution in [0.4, 0.5) is 0 Å². The second-order valence-electron chi connectivity index (χ2n) is 0.583. The molecule has 0 aliphatic carbocycles. The Hall–Kier alpha value is -0.990. The first-order valence-corrected chi connectivity index (χ1v) is 1.34. The van der Waals surface area contributed by atoms with Crippen LogP contribution in [0.3, 0.4) is 0 Å². The molecule has 0 bridgehead atoms. The summed E-state index contributed by atoms with van der Waals surface area (Å²) in [6, 6.07) is 0. The Morgan fingerprint density at radius 1 is 1.50 bits per heavy atom. The maximum Gasteiger partial charge on any atom is 0.144 e. The van der Waals surface area contributed by atoms with Gasteiger partial charge < -0.3 is 0 Å². The van der Waals surface area contributed by atoms with Gasteiger partial charge in [-0.15, -0.1) is 4.91 Å². The Morgan fingerprint density at radius 3 is 2.33 bits per heavy atom. The van der Waals surface area contributed by atoms with E-state index in [0.29, 0.717) is 6.29 Å². The smallest absolute Gasteiger partial charge is 0.144 e. The molecule has 0 radical (unpaired) electrons. The standard InChI is InChI=1S/C3H3NO2/c5-3-1-2-4-6/h1-3H/b2-1+. The van der Waals surface area contributed by atoms with Gasteiger partial charge in [-0.1, -0.05) is 0 Å². The van der Waals surface area contributed by atoms with E-state index in [1.165, 1.54) is 0 Å². The molecule has 0 fully saturated rings. The van der Waals surface area contributed by atoms with Crippen molar-refractivity contribution in [3.05, 3.63) is 17.2 Å². The van der Waals surface area contributed by atoms with Crippen molar-refractivity contribution in [1.82, 2.24) is 0 Å². The Kier molecular flexibility index (Phi) is 3.35. The number of aldehydes is 1. The molecular formula is C3H3NO2. The predicted molar refractivity (Wildman–Crippen MR) is 21.0 cm³/mol. The van der Waals surface area contributed by atoms with Crippen molar-refractivity contribution in [2.24, 2.45) is 5.18 Å². The minimum Gasteiger partial charge on any atom is -0.299 e. The van der Waals surface area contributed by atoms with E-state index in [1.807, 2.05) is 0 Å². The number of carbonyl (C=O) groups excluding carboxylic acids is 1. The van der Waals surface area contributed by atoms with E-state index < -0.39 is 0 Å². The lowest BCUT2D eigenvalue weighted by Crippen LogP contribution is -1.52. The van der Waals surface area contributed by atoms with E-state index in [-0.39, 0.29) is 0 Å². The molecule has 0 spiro atoms. The minimum absolute atomic E-state index is 0.488. The van der Waals surface area contributed by atoms with Crippen molar-refractivity contribution >= 4 is 6.29 Å². The molecule has 0 amide bonds. The van der Waals surface area contributed by atoms with Gasteiger partial charge >= 0.3 is 0 Å². The molecule has 32 valence electrons. The maximum atomic E-state index is 9.28. The molecule has 0 atom stereocenters. The van der Waals surface area contributed by atoms with Crippen LogP contribution in [0.1, 0.15) is 0 Å². The first-order chi connectivity index (χ1) is 2.91. The van der Waals surface area contributed by atoms with Crippen molar-refractivity contribution in [3.8, 4) is 0 Å². The van der Waals surface area contributed by atoms with Crippen LogP contribution in [-0.4, -0.2) is 6.29 Å². The summed E-state index contributed by atoms with van der Waals surface area (Å²) >= 11 is 0. The first kappa shape index (κ1) is 5.01. The molecule has 0 aromatic rings. The number of nitrogens with zero attached hydrogens (tertiary/aromatic N) is 1. The van der Waals surface area contributed by atoms with Gasteiger partial charge in [-0.2, -0.15) is 0 Å². The van der Waals surface area contributed by atoms with Gasteiger partial charge in [0.05, 0.1) is 6.20 Å². The van der Waals surface area contributed by atoms with Crippen LogP contribution in [-0.2, 0) is 4.79 Å². The lowest BCUT2D eigenvalue weighted by molar-refractivity contribution is -0.104. The van der Waals surface area contributed by atoms with Gasteiger partial charge in [0, 0.05) is 0 Å². The third-order valence-corrected chi connectivity index (χ3v) is 0.225. The van der Waals surface area contributed by atoms with E-state index in [0.717, 1.165) is 12.3 Å². The van der Waals surface area contributed by atoms with Crippen LogP contribution in [0, 0.1) is 4.91 Å². The SMILES string of the molecule is O=C/C=C/N=O. The predicted octanol–water partition coefficient (Wildman–Crippen LogP) is 0.465. The molecular weight excluding hydrogens is 82.0 g/mol. The molecule has 0 rings (SSSR count). The van der Waals surface area contributed by atoms with Crippen molar-refractivity contribution in [1.29, 1.82) is 0 Å². The molecule has 0 saturated carbocycles. The topological polar surface area (TPSA) is 46.5 Å². The minimum atomic E-state index is 0.488. The van der Waals surface area contributed by atoms with Crippen LogP contribution in [0.25, 0.3) is 0 Å². The van der Waals surface area contributed by atoms with Crippen LogP contribution in [0.5, 0.6) is 0 Å². The third-order valence-electron chi connectivity index (χ3n) is 0.225. The second kappa shape index (κ2) is 4.01. The quantitative estimate of drug-likeness (QED) is 0.278. The summed E-state index contributed by atoms with van der Waals surface area (Å²) in [5.41, 5.74) is 0. The van der Waals surface area contributed by atoms with Crippen LogP contribution in [0.15, 0.2) is 17.5 Å². The molecule has 6 heavy (non-hydrogen) atoms. The monoisotopic (exact) mass is 85.0 g/mol. The number of hydrogen-bond acceptors (Lipinski definition) is 3. The highest BCUT2D eigenvalue weighted by Gasteiger charge is 1.56. The first-order valence-electron chi connectivity index (χ1n) is 1.34. The fourth-order valence-corrected chi connectivity index (χ4v) is 0.0703. The summed E-state index contributed by atoms with van der Waals surface area (Å²) in [6.45, 7) is 0. The van der Waals surface area contributed by atoms with Crippen molar-refractivity contribution < 1.29 is 4.79 Å². The van der Waals surface area contributed by atoms with Crippen LogP contribution < -0.4 is 0 Å². The van der Waals surface area contributed by atoms with E-state index in [4.69, 9.17) is 4.91 Å². The summed E-state index contributed by atoms with van der Waals surface area (Å²) < 4.78 is 0. The van der Waals surface area contributed by atoms with Crippen molar-refractivity contribution in [2.75, 3.05) is 0 Å². The zero-order chi connectivity index (χ0) is 4.83. The molecule has 0 aromatic carbocycles. The highest BCUT2D eigenvalue weighted by Crippen LogP contribution is 1.63. The average Bonchev–Trinajstić information content (AvgIpc) is 1.61. The highest BCUT2D eigenvalue weighted by atomic mass is 16.2. The largest absolute Gasteiger partial charge is 0.299 e. The molecule has 3 nitrogen and oxygen atoms in total. The summed E-state index contributed by atoms with van der Waals surface area (Å²) in [6.07, 6.45) is 2.39. The Bertz CT molecular complexity index is 66.9. The lowest BCUT2D eigenvalue weighted by atomic mass is 10.7. The van der Waals surface area contributed by atoms with Gasteiger partial charge in [-0.3, -0.25) is 4.79 Å². The molecule has 0 aromatic heterocycles. The van der Waals surface area contributed by atoms with Gasteiger partial charge in [0.1, 0.15) is 6.29 Å². The summed E-state index contributed by atoms with van der Waals surface area (Å²) in [4.78, 5) is 18.3. The Balaban J connectivity index is 3.17. The molecule has 0 N–H and O–H groups in total. The van der Waals surface area contributed by atoms with E-state index in [9.17, 15) is 4.79 Å². The van der Waals surface area contributed by atoms with E-state index in [1.54, 1.807) is 0 Å².